The number of carbonyl (C=O) groups excluding carboxylic acids is 1. The first kappa shape index (κ1) is 13.8. The number of rotatable bonds is 3. The summed E-state index contributed by atoms with van der Waals surface area (Å²) in [5.41, 5.74) is -0.532. The molecular formula is C11H10F3N3O. The van der Waals surface area contributed by atoms with E-state index >= 15 is 0 Å². The number of amides is 2. The molecule has 2 N–H and O–H groups in total. The van der Waals surface area contributed by atoms with Crippen molar-refractivity contribution >= 4 is 11.7 Å². The first-order valence-corrected chi connectivity index (χ1v) is 5.02. The summed E-state index contributed by atoms with van der Waals surface area (Å²) in [6.07, 6.45) is -4.23. The number of nitriles is 1. The van der Waals surface area contributed by atoms with Gasteiger partial charge in [-0.1, -0.05) is 0 Å². The van der Waals surface area contributed by atoms with Crippen LogP contribution in [0.3, 0.4) is 0 Å². The fourth-order valence-corrected chi connectivity index (χ4v) is 1.15. The highest BCUT2D eigenvalue weighted by Crippen LogP contribution is 2.29. The average molecular weight is 257 g/mol. The van der Waals surface area contributed by atoms with Gasteiger partial charge in [0.1, 0.15) is 0 Å². The normalized spacial score (nSPS) is 10.6. The van der Waals surface area contributed by atoms with Crippen molar-refractivity contribution in [1.82, 2.24) is 5.32 Å². The van der Waals surface area contributed by atoms with Crippen LogP contribution in [0.5, 0.6) is 0 Å². The van der Waals surface area contributed by atoms with Crippen molar-refractivity contribution < 1.29 is 18.0 Å². The van der Waals surface area contributed by atoms with Gasteiger partial charge in [-0.05, 0) is 24.3 Å². The van der Waals surface area contributed by atoms with Crippen LogP contribution in [0.25, 0.3) is 0 Å². The minimum absolute atomic E-state index is 0.167. The van der Waals surface area contributed by atoms with Crippen LogP contribution < -0.4 is 10.6 Å². The monoisotopic (exact) mass is 257 g/mol. The molecule has 4 nitrogen and oxygen atoms in total. The van der Waals surface area contributed by atoms with Crippen LogP contribution in [0.1, 0.15) is 12.0 Å². The number of hydrogen-bond donors (Lipinski definition) is 2. The van der Waals surface area contributed by atoms with Crippen LogP contribution >= 0.6 is 0 Å². The van der Waals surface area contributed by atoms with Crippen LogP contribution in [0.4, 0.5) is 23.7 Å². The van der Waals surface area contributed by atoms with E-state index in [0.29, 0.717) is 0 Å². The maximum atomic E-state index is 12.3. The summed E-state index contributed by atoms with van der Waals surface area (Å²) < 4.78 is 36.8. The largest absolute Gasteiger partial charge is 0.416 e. The Kier molecular flexibility index (Phi) is 4.54. The van der Waals surface area contributed by atoms with Crippen LogP contribution in [0, 0.1) is 11.3 Å². The Morgan fingerprint density at radius 2 is 1.89 bits per heavy atom. The lowest BCUT2D eigenvalue weighted by molar-refractivity contribution is -0.137. The summed E-state index contributed by atoms with van der Waals surface area (Å²) in [5.74, 6) is 0. The van der Waals surface area contributed by atoms with Crippen LogP contribution in [0.2, 0.25) is 0 Å². The van der Waals surface area contributed by atoms with Gasteiger partial charge >= 0.3 is 12.2 Å². The Hall–Kier alpha value is -2.23. The van der Waals surface area contributed by atoms with Crippen molar-refractivity contribution in [3.8, 4) is 6.07 Å². The second-order valence-corrected chi connectivity index (χ2v) is 3.36. The predicted molar refractivity (Wildman–Crippen MR) is 58.7 cm³/mol. The van der Waals surface area contributed by atoms with Gasteiger partial charge in [0.2, 0.25) is 0 Å². The molecule has 0 bridgehead atoms. The first-order valence-electron chi connectivity index (χ1n) is 5.02. The highest BCUT2D eigenvalue weighted by Gasteiger charge is 2.29. The van der Waals surface area contributed by atoms with Crippen LogP contribution in [-0.4, -0.2) is 12.6 Å². The van der Waals surface area contributed by atoms with Crippen molar-refractivity contribution in [3.63, 3.8) is 0 Å². The Bertz CT molecular complexity index is 448. The van der Waals surface area contributed by atoms with E-state index in [1.807, 2.05) is 6.07 Å². The molecular weight excluding hydrogens is 247 g/mol. The molecule has 18 heavy (non-hydrogen) atoms. The highest BCUT2D eigenvalue weighted by atomic mass is 19.4. The van der Waals surface area contributed by atoms with Crippen molar-refractivity contribution in [2.75, 3.05) is 11.9 Å². The van der Waals surface area contributed by atoms with Crippen LogP contribution in [-0.2, 0) is 6.18 Å². The highest BCUT2D eigenvalue weighted by molar-refractivity contribution is 5.89. The summed E-state index contributed by atoms with van der Waals surface area (Å²) >= 11 is 0. The number of halogens is 3. The van der Waals surface area contributed by atoms with Crippen LogP contribution in [0.15, 0.2) is 24.3 Å². The number of nitrogens with zero attached hydrogens (tertiary/aromatic N) is 1. The number of anilines is 1. The number of alkyl halides is 3. The number of nitrogens with one attached hydrogen (secondary N) is 2. The van der Waals surface area contributed by atoms with E-state index in [4.69, 9.17) is 5.26 Å². The zero-order chi connectivity index (χ0) is 13.6. The summed E-state index contributed by atoms with van der Waals surface area (Å²) in [6, 6.07) is 5.36. The Morgan fingerprint density at radius 3 is 2.39 bits per heavy atom. The molecule has 96 valence electrons. The van der Waals surface area contributed by atoms with Crippen molar-refractivity contribution in [1.29, 1.82) is 5.26 Å². The smallest absolute Gasteiger partial charge is 0.337 e. The molecule has 0 fully saturated rings. The van der Waals surface area contributed by atoms with Gasteiger partial charge in [-0.15, -0.1) is 0 Å². The zero-order valence-corrected chi connectivity index (χ0v) is 9.21. The molecule has 0 aliphatic heterocycles. The maximum absolute atomic E-state index is 12.3. The standard InChI is InChI=1S/C11H10F3N3O/c12-11(13,14)8-2-4-9(5-3-8)17-10(18)16-7-1-6-15/h2-5H,1,7H2,(H2,16,17,18). The zero-order valence-electron chi connectivity index (χ0n) is 9.21. The Morgan fingerprint density at radius 1 is 1.28 bits per heavy atom. The molecule has 2 amide bonds. The molecule has 0 heterocycles. The van der Waals surface area contributed by atoms with E-state index in [9.17, 15) is 18.0 Å². The molecule has 0 aromatic heterocycles. The summed E-state index contributed by atoms with van der Waals surface area (Å²) in [4.78, 5) is 11.2. The van der Waals surface area contributed by atoms with E-state index in [1.165, 1.54) is 0 Å². The topological polar surface area (TPSA) is 64.9 Å². The minimum Gasteiger partial charge on any atom is -0.337 e. The Balaban J connectivity index is 2.54. The molecule has 1 aromatic rings. The predicted octanol–water partition coefficient (Wildman–Crippen LogP) is 2.74. The molecule has 0 aliphatic carbocycles. The van der Waals surface area contributed by atoms with Gasteiger partial charge in [0.05, 0.1) is 18.1 Å². The minimum atomic E-state index is -4.40. The third-order valence-electron chi connectivity index (χ3n) is 1.99. The lowest BCUT2D eigenvalue weighted by atomic mass is 10.2. The molecule has 7 heteroatoms. The molecule has 0 atom stereocenters. The summed E-state index contributed by atoms with van der Waals surface area (Å²) in [5, 5.41) is 13.0. The number of carbonyl (C=O) groups is 1. The number of hydrogen-bond acceptors (Lipinski definition) is 2. The number of benzene rings is 1. The molecule has 1 aromatic carbocycles. The van der Waals surface area contributed by atoms with Gasteiger partial charge in [-0.2, -0.15) is 18.4 Å². The van der Waals surface area contributed by atoms with Gasteiger partial charge in [0, 0.05) is 12.2 Å². The van der Waals surface area contributed by atoms with E-state index in [-0.39, 0.29) is 18.7 Å². The van der Waals surface area contributed by atoms with Crippen molar-refractivity contribution in [2.45, 2.75) is 12.6 Å². The van der Waals surface area contributed by atoms with E-state index in [2.05, 4.69) is 10.6 Å². The number of urea groups is 1. The first-order chi connectivity index (χ1) is 8.43. The molecule has 0 saturated heterocycles. The van der Waals surface area contributed by atoms with Gasteiger partial charge < -0.3 is 10.6 Å². The fourth-order valence-electron chi connectivity index (χ4n) is 1.15. The van der Waals surface area contributed by atoms with Crippen molar-refractivity contribution in [3.05, 3.63) is 29.8 Å². The fraction of sp³-hybridized carbons (Fsp3) is 0.273. The summed E-state index contributed by atoms with van der Waals surface area (Å²) in [7, 11) is 0. The Labute approximate surface area is 101 Å². The molecule has 0 unspecified atom stereocenters. The summed E-state index contributed by atoms with van der Waals surface area (Å²) in [6.45, 7) is 0.184. The molecule has 0 saturated carbocycles. The lowest BCUT2D eigenvalue weighted by Gasteiger charge is -2.09. The lowest BCUT2D eigenvalue weighted by Crippen LogP contribution is -2.29. The van der Waals surface area contributed by atoms with E-state index in [0.717, 1.165) is 24.3 Å². The van der Waals surface area contributed by atoms with Crippen molar-refractivity contribution in [2.24, 2.45) is 0 Å². The maximum Gasteiger partial charge on any atom is 0.416 e. The molecule has 1 rings (SSSR count). The molecule has 0 radical (unpaired) electrons. The second-order valence-electron chi connectivity index (χ2n) is 3.36. The van der Waals surface area contributed by atoms with Gasteiger partial charge in [0.15, 0.2) is 0 Å². The molecule has 0 spiro atoms. The van der Waals surface area contributed by atoms with E-state index in [1.54, 1.807) is 0 Å². The third-order valence-corrected chi connectivity index (χ3v) is 1.99. The van der Waals surface area contributed by atoms with E-state index < -0.39 is 17.8 Å². The van der Waals surface area contributed by atoms with Gasteiger partial charge in [0.25, 0.3) is 0 Å². The van der Waals surface area contributed by atoms with Gasteiger partial charge in [-0.25, -0.2) is 4.79 Å². The SMILES string of the molecule is N#CCCNC(=O)Nc1ccc(C(F)(F)F)cc1. The van der Waals surface area contributed by atoms with Gasteiger partial charge in [-0.3, -0.25) is 0 Å². The second kappa shape index (κ2) is 5.91. The quantitative estimate of drug-likeness (QED) is 0.818. The average Bonchev–Trinajstić information content (AvgIpc) is 2.29. The third kappa shape index (κ3) is 4.33. The molecule has 0 aliphatic rings.